The Bertz CT molecular complexity index is 1950. The van der Waals surface area contributed by atoms with Gasteiger partial charge < -0.3 is 66.2 Å². The van der Waals surface area contributed by atoms with Crippen LogP contribution in [-0.2, 0) is 83.3 Å². The first kappa shape index (κ1) is 63.1. The van der Waals surface area contributed by atoms with Gasteiger partial charge in [-0.2, -0.15) is 5.10 Å². The zero-order valence-corrected chi connectivity index (χ0v) is 41.4. The average molecular weight is 1100 g/mol. The Kier molecular flexibility index (Phi) is 33.7. The van der Waals surface area contributed by atoms with Crippen molar-refractivity contribution in [2.24, 2.45) is 0 Å². The third-order valence-electron chi connectivity index (χ3n) is 9.30. The fourth-order valence-electron chi connectivity index (χ4n) is 5.75. The van der Waals surface area contributed by atoms with Crippen molar-refractivity contribution in [2.45, 2.75) is 95.2 Å². The number of amides is 7. The molecule has 1 heterocycles. The molecule has 1 aromatic rings. The molecular formula is C40H65BrN10O19S. The van der Waals surface area contributed by atoms with Gasteiger partial charge >= 0.3 is 17.9 Å². The van der Waals surface area contributed by atoms with E-state index in [1.165, 1.54) is 6.33 Å². The first-order valence-corrected chi connectivity index (χ1v) is 25.2. The van der Waals surface area contributed by atoms with Crippen LogP contribution in [0.2, 0.25) is 0 Å². The molecule has 11 N–H and O–H groups in total. The number of sulfonamides is 1. The number of aromatic nitrogens is 3. The summed E-state index contributed by atoms with van der Waals surface area (Å²) in [7, 11) is -3.92. The molecule has 402 valence electrons. The smallest absolute Gasteiger partial charge is 0.326 e. The third-order valence-corrected chi connectivity index (χ3v) is 11.2. The second-order valence-electron chi connectivity index (χ2n) is 15.2. The molecule has 0 aliphatic rings. The number of hydrogen-bond donors (Lipinski definition) is 11. The molecule has 0 aliphatic carbocycles. The maximum absolute atomic E-state index is 12.5. The van der Waals surface area contributed by atoms with Crippen LogP contribution in [0, 0.1) is 0 Å². The Morgan fingerprint density at radius 2 is 1.03 bits per heavy atom. The normalized spacial score (nSPS) is 12.4. The number of rotatable bonds is 43. The van der Waals surface area contributed by atoms with Crippen LogP contribution in [0.3, 0.4) is 0 Å². The molecule has 0 spiro atoms. The van der Waals surface area contributed by atoms with E-state index < -0.39 is 113 Å². The third kappa shape index (κ3) is 34.1. The fourth-order valence-corrected chi connectivity index (χ4v) is 7.02. The van der Waals surface area contributed by atoms with Crippen molar-refractivity contribution in [2.75, 3.05) is 83.6 Å². The van der Waals surface area contributed by atoms with Gasteiger partial charge in [0.05, 0.1) is 50.7 Å². The Hall–Kier alpha value is -5.89. The van der Waals surface area contributed by atoms with Crippen LogP contribution in [0.5, 0.6) is 0 Å². The number of alkyl halides is 1. The van der Waals surface area contributed by atoms with Crippen LogP contribution in [0.4, 0.5) is 0 Å². The lowest BCUT2D eigenvalue weighted by Crippen LogP contribution is -2.45. The van der Waals surface area contributed by atoms with Crippen molar-refractivity contribution in [3.8, 4) is 0 Å². The minimum absolute atomic E-state index is 0.00430. The summed E-state index contributed by atoms with van der Waals surface area (Å²) in [5.41, 5.74) is 0. The summed E-state index contributed by atoms with van der Waals surface area (Å²) in [4.78, 5) is 123. The number of carbonyl (C=O) groups excluding carboxylic acids is 7. The molecular weight excluding hydrogens is 1040 g/mol. The molecule has 0 fully saturated rings. The first-order valence-electron chi connectivity index (χ1n) is 22.4. The average Bonchev–Trinajstić information content (AvgIpc) is 3.83. The van der Waals surface area contributed by atoms with Crippen molar-refractivity contribution in [1.82, 2.24) is 51.8 Å². The number of H-pyrrole nitrogens is 1. The molecule has 0 radical (unpaired) electrons. The van der Waals surface area contributed by atoms with Crippen molar-refractivity contribution in [3.63, 3.8) is 0 Å². The zero-order valence-electron chi connectivity index (χ0n) is 39.0. The molecule has 71 heavy (non-hydrogen) atoms. The van der Waals surface area contributed by atoms with Crippen molar-refractivity contribution in [3.05, 3.63) is 12.2 Å². The van der Waals surface area contributed by atoms with Gasteiger partial charge in [0.1, 0.15) is 43.5 Å². The Labute approximate surface area is 417 Å². The highest BCUT2D eigenvalue weighted by Gasteiger charge is 2.25. The van der Waals surface area contributed by atoms with E-state index in [0.29, 0.717) is 38.1 Å². The number of aliphatic carboxylic acids is 3. The summed E-state index contributed by atoms with van der Waals surface area (Å²) in [6.45, 7) is -0.485. The highest BCUT2D eigenvalue weighted by molar-refractivity contribution is 9.09. The van der Waals surface area contributed by atoms with Gasteiger partial charge in [0, 0.05) is 51.7 Å². The minimum atomic E-state index is -3.92. The number of carboxylic acids is 3. The summed E-state index contributed by atoms with van der Waals surface area (Å²) in [5, 5.41) is 49.4. The minimum Gasteiger partial charge on any atom is -0.480 e. The van der Waals surface area contributed by atoms with Crippen LogP contribution in [0.1, 0.15) is 76.5 Å². The SMILES string of the molecule is O=C(CBr)NCCCCC(NC(=O)COCCOCCNC(=O)CCC(NC(=O)CCC(NC(=O)COCCOCCNC(=O)CCCS(=O)(=O)NC(=O)CCCc1ncn[nH]1)C(=O)O)C(=O)O)C(=O)O. The topological polar surface area (TPSA) is 428 Å². The lowest BCUT2D eigenvalue weighted by atomic mass is 10.1. The van der Waals surface area contributed by atoms with Crippen molar-refractivity contribution in [1.29, 1.82) is 0 Å². The molecule has 0 aromatic carbocycles. The summed E-state index contributed by atoms with van der Waals surface area (Å²) in [6, 6.07) is -4.14. The highest BCUT2D eigenvalue weighted by atomic mass is 79.9. The molecule has 0 saturated carbocycles. The molecule has 0 saturated heterocycles. The number of nitrogens with one attached hydrogen (secondary N) is 8. The van der Waals surface area contributed by atoms with Gasteiger partial charge in [0.2, 0.25) is 51.4 Å². The van der Waals surface area contributed by atoms with E-state index in [4.69, 9.17) is 18.9 Å². The molecule has 0 bridgehead atoms. The Morgan fingerprint density at radius 3 is 1.55 bits per heavy atom. The monoisotopic (exact) mass is 1100 g/mol. The molecule has 31 heteroatoms. The maximum Gasteiger partial charge on any atom is 0.326 e. The summed E-state index contributed by atoms with van der Waals surface area (Å²) >= 11 is 3.02. The molecule has 3 atom stereocenters. The second-order valence-corrected chi connectivity index (χ2v) is 17.6. The van der Waals surface area contributed by atoms with E-state index in [2.05, 4.69) is 63.0 Å². The lowest BCUT2D eigenvalue weighted by molar-refractivity contribution is -0.144. The molecule has 1 rings (SSSR count). The van der Waals surface area contributed by atoms with E-state index in [1.807, 2.05) is 4.72 Å². The first-order chi connectivity index (χ1) is 33.8. The molecule has 0 aliphatic heterocycles. The predicted molar refractivity (Wildman–Crippen MR) is 248 cm³/mol. The van der Waals surface area contributed by atoms with Crippen molar-refractivity contribution < 1.29 is 90.6 Å². The quantitative estimate of drug-likeness (QED) is 0.0224. The number of ether oxygens (including phenoxy) is 4. The van der Waals surface area contributed by atoms with Crippen molar-refractivity contribution >= 4 is 85.2 Å². The van der Waals surface area contributed by atoms with Crippen LogP contribution in [0.25, 0.3) is 0 Å². The van der Waals surface area contributed by atoms with Crippen LogP contribution in [0.15, 0.2) is 6.33 Å². The fraction of sp³-hybridized carbons (Fsp3) is 0.700. The van der Waals surface area contributed by atoms with Crippen LogP contribution < -0.4 is 36.6 Å². The Balaban J connectivity index is 2.17. The standard InChI is InChI=1S/C40H65BrN10O19S/c41-23-35(56)42-13-2-1-5-27(38(59)60)48-36(57)24-69-20-19-68-17-15-44-32(53)11-9-28(39(61)62)47-33(54)12-10-29(40(63)64)49-37(58)25-70-21-18-67-16-14-43-31(52)8-4-22-71(65,66)51-34(55)7-3-6-30-45-26-46-50-30/h26-29H,1-25H2,(H,42,56)(H,43,52)(H,44,53)(H,47,54)(H,48,57)(H,49,58)(H,51,55)(H,59,60)(H,61,62)(H,63,64)(H,45,46,50). The van der Waals surface area contributed by atoms with E-state index >= 15 is 0 Å². The number of unbranched alkanes of at least 4 members (excludes halogenated alkanes) is 1. The number of hydrogen-bond acceptors (Lipinski definition) is 18. The van der Waals surface area contributed by atoms with E-state index in [-0.39, 0.29) is 102 Å². The zero-order chi connectivity index (χ0) is 52.9. The van der Waals surface area contributed by atoms with Gasteiger partial charge in [-0.3, -0.25) is 43.4 Å². The number of aromatic amines is 1. The largest absolute Gasteiger partial charge is 0.480 e. The molecule has 29 nitrogen and oxygen atoms in total. The number of carbonyl (C=O) groups is 10. The number of aryl methyl sites for hydroxylation is 1. The summed E-state index contributed by atoms with van der Waals surface area (Å²) in [6.07, 6.45) is 1.55. The van der Waals surface area contributed by atoms with E-state index in [9.17, 15) is 71.7 Å². The van der Waals surface area contributed by atoms with Crippen LogP contribution in [-0.4, -0.2) is 200 Å². The van der Waals surface area contributed by atoms with Gasteiger partial charge in [-0.1, -0.05) is 15.9 Å². The van der Waals surface area contributed by atoms with E-state index in [1.54, 1.807) is 0 Å². The van der Waals surface area contributed by atoms with Gasteiger partial charge in [0.15, 0.2) is 0 Å². The summed E-state index contributed by atoms with van der Waals surface area (Å²) in [5.74, 6) is -8.15. The number of halogens is 1. The van der Waals surface area contributed by atoms with Crippen LogP contribution >= 0.6 is 15.9 Å². The van der Waals surface area contributed by atoms with E-state index in [0.717, 1.165) is 0 Å². The number of nitrogens with zero attached hydrogens (tertiary/aromatic N) is 2. The van der Waals surface area contributed by atoms with Gasteiger partial charge in [-0.15, -0.1) is 0 Å². The highest BCUT2D eigenvalue weighted by Crippen LogP contribution is 2.05. The lowest BCUT2D eigenvalue weighted by Gasteiger charge is -2.17. The number of carboxylic acid groups (broad SMARTS) is 3. The molecule has 7 amide bonds. The Morgan fingerprint density at radius 1 is 0.549 bits per heavy atom. The molecule has 1 aromatic heterocycles. The molecule has 3 unspecified atom stereocenters. The van der Waals surface area contributed by atoms with Gasteiger partial charge in [-0.05, 0) is 44.9 Å². The maximum atomic E-state index is 12.5. The van der Waals surface area contributed by atoms with Gasteiger partial charge in [0.25, 0.3) is 0 Å². The second kappa shape index (κ2) is 37.9. The predicted octanol–water partition coefficient (Wildman–Crippen LogP) is -3.40. The summed E-state index contributed by atoms with van der Waals surface area (Å²) < 4.78 is 47.2. The van der Waals surface area contributed by atoms with Gasteiger partial charge in [-0.25, -0.2) is 27.8 Å².